The molecule has 0 aliphatic rings. The molecule has 1 aromatic heterocycles. The third kappa shape index (κ3) is 4.94. The normalized spacial score (nSPS) is 10.8. The maximum Gasteiger partial charge on any atom is 0.335 e. The van der Waals surface area contributed by atoms with Gasteiger partial charge < -0.3 is 9.47 Å². The van der Waals surface area contributed by atoms with Gasteiger partial charge in [-0.05, 0) is 19.1 Å². The highest BCUT2D eigenvalue weighted by molar-refractivity contribution is 7.90. The van der Waals surface area contributed by atoms with E-state index in [-0.39, 0.29) is 34.2 Å². The maximum absolute atomic E-state index is 12.4. The molecule has 1 heterocycles. The molecule has 134 valence electrons. The fourth-order valence-corrected chi connectivity index (χ4v) is 3.04. The van der Waals surface area contributed by atoms with E-state index in [0.29, 0.717) is 0 Å². The molecular formula is C14H15ClN4O5S. The van der Waals surface area contributed by atoms with Crippen molar-refractivity contribution in [1.29, 1.82) is 0 Å². The number of hydrogen-bond acceptors (Lipinski definition) is 7. The number of urea groups is 1. The smallest absolute Gasteiger partial charge is 0.335 e. The van der Waals surface area contributed by atoms with Crippen LogP contribution >= 0.6 is 11.6 Å². The van der Waals surface area contributed by atoms with Crippen molar-refractivity contribution in [1.82, 2.24) is 14.7 Å². The quantitative estimate of drug-likeness (QED) is 0.729. The summed E-state index contributed by atoms with van der Waals surface area (Å²) in [5.74, 6) is 0.0287. The van der Waals surface area contributed by atoms with E-state index in [1.165, 1.54) is 31.4 Å². The summed E-state index contributed by atoms with van der Waals surface area (Å²) in [6, 6.07) is 6.21. The molecule has 0 fully saturated rings. The topological polar surface area (TPSA) is 120 Å². The third-order valence-corrected chi connectivity index (χ3v) is 4.34. The van der Waals surface area contributed by atoms with Crippen molar-refractivity contribution in [2.45, 2.75) is 11.8 Å². The van der Waals surface area contributed by atoms with Gasteiger partial charge in [0.1, 0.15) is 15.8 Å². The summed E-state index contributed by atoms with van der Waals surface area (Å²) in [6.07, 6.45) is 0. The number of methoxy groups -OCH3 is 1. The van der Waals surface area contributed by atoms with Crippen LogP contribution in [0.5, 0.6) is 11.6 Å². The van der Waals surface area contributed by atoms with Gasteiger partial charge >= 0.3 is 6.03 Å². The van der Waals surface area contributed by atoms with Crippen LogP contribution in [0.3, 0.4) is 0 Å². The molecular weight excluding hydrogens is 372 g/mol. The Bertz CT molecular complexity index is 875. The molecule has 2 aromatic rings. The van der Waals surface area contributed by atoms with Crippen LogP contribution in [0.2, 0.25) is 5.15 Å². The number of nitrogens with one attached hydrogen (secondary N) is 2. The third-order valence-electron chi connectivity index (χ3n) is 2.77. The van der Waals surface area contributed by atoms with Crippen LogP contribution in [-0.4, -0.2) is 38.1 Å². The number of ether oxygens (including phenoxy) is 2. The van der Waals surface area contributed by atoms with Crippen molar-refractivity contribution in [3.8, 4) is 11.6 Å². The zero-order valence-electron chi connectivity index (χ0n) is 13.3. The molecule has 0 radical (unpaired) electrons. The van der Waals surface area contributed by atoms with Gasteiger partial charge in [-0.25, -0.2) is 22.9 Å². The molecule has 2 N–H and O–H groups in total. The second-order valence-electron chi connectivity index (χ2n) is 4.50. The average molecular weight is 387 g/mol. The van der Waals surface area contributed by atoms with E-state index in [1.807, 2.05) is 4.72 Å². The van der Waals surface area contributed by atoms with Gasteiger partial charge in [0.15, 0.2) is 0 Å². The highest BCUT2D eigenvalue weighted by Crippen LogP contribution is 2.23. The molecule has 9 nitrogen and oxygen atoms in total. The zero-order valence-corrected chi connectivity index (χ0v) is 14.9. The van der Waals surface area contributed by atoms with Crippen LogP contribution in [0.25, 0.3) is 0 Å². The number of amides is 2. The first-order valence-electron chi connectivity index (χ1n) is 7.00. The van der Waals surface area contributed by atoms with E-state index in [0.717, 1.165) is 0 Å². The second-order valence-corrected chi connectivity index (χ2v) is 6.53. The summed E-state index contributed by atoms with van der Waals surface area (Å²) < 4.78 is 36.8. The summed E-state index contributed by atoms with van der Waals surface area (Å²) in [6.45, 7) is 1.99. The Morgan fingerprint density at radius 1 is 1.28 bits per heavy atom. The molecule has 2 amide bonds. The number of anilines is 1. The highest BCUT2D eigenvalue weighted by Gasteiger charge is 2.22. The maximum atomic E-state index is 12.4. The number of nitrogens with zero attached hydrogens (tertiary/aromatic N) is 2. The Labute approximate surface area is 149 Å². The van der Waals surface area contributed by atoms with Crippen LogP contribution in [0, 0.1) is 0 Å². The number of hydrogen-bond donors (Lipinski definition) is 2. The standard InChI is InChI=1S/C14H15ClN4O5S/c1-3-24-9-6-4-5-7-10(9)25(21,22)19-14(20)18-13-16-11(15)8-12(17-13)23-2/h4-8H,3H2,1-2H3,(H2,16,17,18,19,20). The van der Waals surface area contributed by atoms with Gasteiger partial charge in [0.25, 0.3) is 10.0 Å². The number of carbonyl (C=O) groups excluding carboxylic acids is 1. The Hall–Kier alpha value is -2.59. The van der Waals surface area contributed by atoms with E-state index in [9.17, 15) is 13.2 Å². The summed E-state index contributed by atoms with van der Waals surface area (Å²) in [7, 11) is -2.81. The van der Waals surface area contributed by atoms with Crippen molar-refractivity contribution in [2.24, 2.45) is 0 Å². The molecule has 25 heavy (non-hydrogen) atoms. The molecule has 11 heteroatoms. The predicted molar refractivity (Wildman–Crippen MR) is 90.5 cm³/mol. The monoisotopic (exact) mass is 386 g/mol. The number of rotatable bonds is 6. The largest absolute Gasteiger partial charge is 0.492 e. The van der Waals surface area contributed by atoms with Crippen molar-refractivity contribution in [2.75, 3.05) is 19.0 Å². The van der Waals surface area contributed by atoms with E-state index >= 15 is 0 Å². The van der Waals surface area contributed by atoms with E-state index in [2.05, 4.69) is 15.3 Å². The predicted octanol–water partition coefficient (Wildman–Crippen LogP) is 2.05. The van der Waals surface area contributed by atoms with Crippen molar-refractivity contribution >= 4 is 33.6 Å². The van der Waals surface area contributed by atoms with Gasteiger partial charge in [-0.1, -0.05) is 23.7 Å². The summed E-state index contributed by atoms with van der Waals surface area (Å²) in [4.78, 5) is 19.4. The number of sulfonamides is 1. The van der Waals surface area contributed by atoms with Crippen LogP contribution < -0.4 is 19.5 Å². The first-order valence-corrected chi connectivity index (χ1v) is 8.86. The van der Waals surface area contributed by atoms with E-state index in [4.69, 9.17) is 21.1 Å². The van der Waals surface area contributed by atoms with Gasteiger partial charge in [0.05, 0.1) is 13.7 Å². The Kier molecular flexibility index (Phi) is 5.99. The first kappa shape index (κ1) is 18.7. The zero-order chi connectivity index (χ0) is 18.4. The number of para-hydroxylation sites is 1. The van der Waals surface area contributed by atoms with Gasteiger partial charge in [-0.15, -0.1) is 0 Å². The molecule has 0 unspecified atom stereocenters. The number of halogens is 1. The molecule has 0 spiro atoms. The summed E-state index contributed by atoms with van der Waals surface area (Å²) in [5, 5.41) is 2.20. The molecule has 2 rings (SSSR count). The first-order chi connectivity index (χ1) is 11.9. The molecule has 0 saturated heterocycles. The lowest BCUT2D eigenvalue weighted by molar-refractivity contribution is 0.256. The summed E-state index contributed by atoms with van der Waals surface area (Å²) >= 11 is 5.76. The van der Waals surface area contributed by atoms with Gasteiger partial charge in [-0.2, -0.15) is 4.98 Å². The van der Waals surface area contributed by atoms with Crippen molar-refractivity contribution in [3.63, 3.8) is 0 Å². The lowest BCUT2D eigenvalue weighted by Crippen LogP contribution is -2.35. The SMILES string of the molecule is CCOc1ccccc1S(=O)(=O)NC(=O)Nc1nc(Cl)cc(OC)n1. The van der Waals surface area contributed by atoms with Crippen LogP contribution in [0.4, 0.5) is 10.7 Å². The van der Waals surface area contributed by atoms with Crippen LogP contribution in [0.15, 0.2) is 35.2 Å². The number of carbonyl (C=O) groups is 1. The van der Waals surface area contributed by atoms with Crippen LogP contribution in [0.1, 0.15) is 6.92 Å². The van der Waals surface area contributed by atoms with E-state index < -0.39 is 16.1 Å². The van der Waals surface area contributed by atoms with Crippen molar-refractivity contribution in [3.05, 3.63) is 35.5 Å². The molecule has 0 aliphatic heterocycles. The molecule has 0 saturated carbocycles. The van der Waals surface area contributed by atoms with E-state index in [1.54, 1.807) is 13.0 Å². The molecule has 0 atom stereocenters. The fraction of sp³-hybridized carbons (Fsp3) is 0.214. The molecule has 0 bridgehead atoms. The number of benzene rings is 1. The summed E-state index contributed by atoms with van der Waals surface area (Å²) in [5.41, 5.74) is 0. The fourth-order valence-electron chi connectivity index (χ4n) is 1.81. The highest BCUT2D eigenvalue weighted by atomic mass is 35.5. The minimum atomic E-state index is -4.17. The minimum absolute atomic E-state index is 0.0201. The van der Waals surface area contributed by atoms with Gasteiger partial charge in [0.2, 0.25) is 11.8 Å². The Balaban J connectivity index is 2.18. The van der Waals surface area contributed by atoms with Gasteiger partial charge in [0, 0.05) is 6.07 Å². The molecule has 1 aromatic carbocycles. The minimum Gasteiger partial charge on any atom is -0.492 e. The lowest BCUT2D eigenvalue weighted by atomic mass is 10.3. The lowest BCUT2D eigenvalue weighted by Gasteiger charge is -2.12. The Morgan fingerprint density at radius 3 is 2.68 bits per heavy atom. The Morgan fingerprint density at radius 2 is 2.00 bits per heavy atom. The van der Waals surface area contributed by atoms with Crippen LogP contribution in [-0.2, 0) is 10.0 Å². The average Bonchev–Trinajstić information content (AvgIpc) is 2.54. The van der Waals surface area contributed by atoms with Crippen molar-refractivity contribution < 1.29 is 22.7 Å². The van der Waals surface area contributed by atoms with Gasteiger partial charge in [-0.3, -0.25) is 5.32 Å². The number of aromatic nitrogens is 2. The molecule has 0 aliphatic carbocycles. The second kappa shape index (κ2) is 7.99.